The van der Waals surface area contributed by atoms with Crippen LogP contribution in [0.15, 0.2) is 12.1 Å². The van der Waals surface area contributed by atoms with Gasteiger partial charge in [0.15, 0.2) is 0 Å². The molecule has 84 valence electrons. The van der Waals surface area contributed by atoms with Gasteiger partial charge in [-0.05, 0) is 36.6 Å². The van der Waals surface area contributed by atoms with Gasteiger partial charge in [0.1, 0.15) is 4.83 Å². The summed E-state index contributed by atoms with van der Waals surface area (Å²) in [6.45, 7) is 3.56. The summed E-state index contributed by atoms with van der Waals surface area (Å²) < 4.78 is 37.3. The average molecular weight is 302 g/mol. The zero-order valence-electron chi connectivity index (χ0n) is 8.12. The Morgan fingerprint density at radius 3 is 2.13 bits per heavy atom. The number of rotatable bonds is 1. The van der Waals surface area contributed by atoms with Crippen molar-refractivity contribution in [3.8, 4) is 0 Å². The lowest BCUT2D eigenvalue weighted by molar-refractivity contribution is -0.128. The Bertz CT molecular complexity index is 374. The van der Waals surface area contributed by atoms with Crippen molar-refractivity contribution in [1.82, 2.24) is 0 Å². The molecule has 0 heterocycles. The van der Waals surface area contributed by atoms with Crippen molar-refractivity contribution < 1.29 is 13.2 Å². The van der Waals surface area contributed by atoms with Crippen LogP contribution in [0.4, 0.5) is 13.2 Å². The number of hydrogen-bond acceptors (Lipinski definition) is 0. The molecule has 1 unspecified atom stereocenters. The standard InChI is InChI=1S/C10H9BrClF3/c1-5-3-7(8(12)4-6(5)2)9(11)10(13,14)15/h3-4,9H,1-2H3. The van der Waals surface area contributed by atoms with Crippen molar-refractivity contribution in [1.29, 1.82) is 0 Å². The predicted molar refractivity (Wildman–Crippen MR) is 58.6 cm³/mol. The Balaban J connectivity index is 3.21. The molecule has 0 saturated heterocycles. The summed E-state index contributed by atoms with van der Waals surface area (Å²) in [5.41, 5.74) is 1.74. The molecule has 0 spiro atoms. The van der Waals surface area contributed by atoms with Crippen LogP contribution in [0.5, 0.6) is 0 Å². The van der Waals surface area contributed by atoms with Crippen LogP contribution in [0.25, 0.3) is 0 Å². The lowest BCUT2D eigenvalue weighted by Crippen LogP contribution is -2.15. The molecule has 0 aliphatic heterocycles. The second kappa shape index (κ2) is 4.34. The number of aryl methyl sites for hydroxylation is 2. The van der Waals surface area contributed by atoms with Gasteiger partial charge in [-0.15, -0.1) is 0 Å². The van der Waals surface area contributed by atoms with Gasteiger partial charge in [-0.1, -0.05) is 33.6 Å². The number of alkyl halides is 4. The van der Waals surface area contributed by atoms with Crippen LogP contribution in [0, 0.1) is 13.8 Å². The molecule has 15 heavy (non-hydrogen) atoms. The minimum Gasteiger partial charge on any atom is -0.169 e. The maximum absolute atomic E-state index is 12.4. The van der Waals surface area contributed by atoms with Crippen LogP contribution >= 0.6 is 27.5 Å². The third kappa shape index (κ3) is 2.88. The first kappa shape index (κ1) is 12.8. The molecule has 0 aromatic heterocycles. The van der Waals surface area contributed by atoms with E-state index in [1.54, 1.807) is 13.0 Å². The smallest absolute Gasteiger partial charge is 0.169 e. The average Bonchev–Trinajstić information content (AvgIpc) is 2.08. The van der Waals surface area contributed by atoms with E-state index in [0.717, 1.165) is 11.1 Å². The van der Waals surface area contributed by atoms with Gasteiger partial charge >= 0.3 is 6.18 Å². The van der Waals surface area contributed by atoms with Crippen LogP contribution < -0.4 is 0 Å². The summed E-state index contributed by atoms with van der Waals surface area (Å²) in [7, 11) is 0. The molecule has 1 aromatic rings. The van der Waals surface area contributed by atoms with E-state index in [1.165, 1.54) is 6.07 Å². The van der Waals surface area contributed by atoms with E-state index in [0.29, 0.717) is 0 Å². The molecule has 1 atom stereocenters. The summed E-state index contributed by atoms with van der Waals surface area (Å²) in [6, 6.07) is 3.01. The Morgan fingerprint density at radius 1 is 1.20 bits per heavy atom. The molecular weight excluding hydrogens is 292 g/mol. The maximum atomic E-state index is 12.4. The number of benzene rings is 1. The second-order valence-corrected chi connectivity index (χ2v) is 4.69. The Morgan fingerprint density at radius 2 is 1.67 bits per heavy atom. The van der Waals surface area contributed by atoms with Crippen LogP contribution in [0.3, 0.4) is 0 Å². The summed E-state index contributed by atoms with van der Waals surface area (Å²) in [5.74, 6) is 0. The lowest BCUT2D eigenvalue weighted by Gasteiger charge is -2.17. The molecule has 0 aliphatic carbocycles. The first-order valence-corrected chi connectivity index (χ1v) is 5.50. The van der Waals surface area contributed by atoms with E-state index in [-0.39, 0.29) is 10.6 Å². The first-order chi connectivity index (χ1) is 6.73. The van der Waals surface area contributed by atoms with Gasteiger partial charge in [-0.2, -0.15) is 13.2 Å². The van der Waals surface area contributed by atoms with Crippen molar-refractivity contribution in [2.75, 3.05) is 0 Å². The largest absolute Gasteiger partial charge is 0.405 e. The van der Waals surface area contributed by atoms with E-state index in [1.807, 2.05) is 6.92 Å². The monoisotopic (exact) mass is 300 g/mol. The Labute approximate surface area is 99.6 Å². The molecular formula is C10H9BrClF3. The highest BCUT2D eigenvalue weighted by Crippen LogP contribution is 2.42. The fourth-order valence-electron chi connectivity index (χ4n) is 1.17. The Kier molecular flexibility index (Phi) is 3.71. The van der Waals surface area contributed by atoms with Gasteiger partial charge in [0, 0.05) is 5.02 Å². The van der Waals surface area contributed by atoms with Gasteiger partial charge in [-0.25, -0.2) is 0 Å². The van der Waals surface area contributed by atoms with E-state index in [2.05, 4.69) is 15.9 Å². The van der Waals surface area contributed by atoms with Crippen LogP contribution in [0.1, 0.15) is 21.5 Å². The molecule has 0 nitrogen and oxygen atoms in total. The fraction of sp³-hybridized carbons (Fsp3) is 0.400. The molecule has 1 aromatic carbocycles. The van der Waals surface area contributed by atoms with Crippen LogP contribution in [-0.2, 0) is 0 Å². The SMILES string of the molecule is Cc1cc(Cl)c(C(Br)C(F)(F)F)cc1C. The molecule has 1 rings (SSSR count). The zero-order valence-corrected chi connectivity index (χ0v) is 10.5. The minimum atomic E-state index is -4.33. The summed E-state index contributed by atoms with van der Waals surface area (Å²) in [6.07, 6.45) is -4.33. The summed E-state index contributed by atoms with van der Waals surface area (Å²) in [5, 5.41) is 0.136. The van der Waals surface area contributed by atoms with Gasteiger partial charge < -0.3 is 0 Å². The van der Waals surface area contributed by atoms with Crippen LogP contribution in [-0.4, -0.2) is 6.18 Å². The molecule has 0 radical (unpaired) electrons. The minimum absolute atomic E-state index is 0.0623. The van der Waals surface area contributed by atoms with Crippen molar-refractivity contribution >= 4 is 27.5 Å². The Hall–Kier alpha value is -0.220. The first-order valence-electron chi connectivity index (χ1n) is 4.21. The van der Waals surface area contributed by atoms with Crippen molar-refractivity contribution in [2.45, 2.75) is 24.9 Å². The van der Waals surface area contributed by atoms with E-state index in [9.17, 15) is 13.2 Å². The third-order valence-corrected chi connectivity index (χ3v) is 3.51. The number of hydrogen-bond donors (Lipinski definition) is 0. The molecule has 5 heteroatoms. The van der Waals surface area contributed by atoms with E-state index < -0.39 is 11.0 Å². The highest BCUT2D eigenvalue weighted by Gasteiger charge is 2.39. The molecule has 0 N–H and O–H groups in total. The summed E-state index contributed by atoms with van der Waals surface area (Å²) >= 11 is 8.38. The third-order valence-electron chi connectivity index (χ3n) is 2.17. The second-order valence-electron chi connectivity index (χ2n) is 3.36. The van der Waals surface area contributed by atoms with Crippen molar-refractivity contribution in [3.05, 3.63) is 33.8 Å². The quantitative estimate of drug-likeness (QED) is 0.643. The predicted octanol–water partition coefficient (Wildman–Crippen LogP) is 4.96. The maximum Gasteiger partial charge on any atom is 0.405 e. The molecule has 0 bridgehead atoms. The van der Waals surface area contributed by atoms with Gasteiger partial charge in [0.25, 0.3) is 0 Å². The molecule has 0 fully saturated rings. The van der Waals surface area contributed by atoms with Gasteiger partial charge in [-0.3, -0.25) is 0 Å². The van der Waals surface area contributed by atoms with Gasteiger partial charge in [0.05, 0.1) is 0 Å². The highest BCUT2D eigenvalue weighted by molar-refractivity contribution is 9.09. The summed E-state index contributed by atoms with van der Waals surface area (Å²) in [4.78, 5) is -1.71. The lowest BCUT2D eigenvalue weighted by atomic mass is 10.0. The highest BCUT2D eigenvalue weighted by atomic mass is 79.9. The van der Waals surface area contributed by atoms with E-state index in [4.69, 9.17) is 11.6 Å². The topological polar surface area (TPSA) is 0 Å². The molecule has 0 amide bonds. The normalized spacial score (nSPS) is 14.1. The fourth-order valence-corrected chi connectivity index (χ4v) is 2.01. The van der Waals surface area contributed by atoms with Crippen LogP contribution in [0.2, 0.25) is 5.02 Å². The zero-order chi connectivity index (χ0) is 11.8. The van der Waals surface area contributed by atoms with Crippen molar-refractivity contribution in [2.24, 2.45) is 0 Å². The molecule has 0 aliphatic rings. The van der Waals surface area contributed by atoms with Crippen molar-refractivity contribution in [3.63, 3.8) is 0 Å². The number of halogens is 5. The molecule has 0 saturated carbocycles. The van der Waals surface area contributed by atoms with Gasteiger partial charge in [0.2, 0.25) is 0 Å². The van der Waals surface area contributed by atoms with E-state index >= 15 is 0 Å².